The monoisotopic (exact) mass is 259 g/mol. The van der Waals surface area contributed by atoms with Gasteiger partial charge in [0.25, 0.3) is 0 Å². The molecule has 102 valence electrons. The molecule has 2 heterocycles. The standard InChI is InChI=1S/C16H21NO2/c18-15-12-16(7-4-9-19-10-8-16)14(17-15)11-13-5-2-1-3-6-13/h1-3,5-6,14H,4,7-12H2,(H,17,18). The summed E-state index contributed by atoms with van der Waals surface area (Å²) in [5.41, 5.74) is 1.42. The van der Waals surface area contributed by atoms with Crippen molar-refractivity contribution in [2.24, 2.45) is 5.41 Å². The highest BCUT2D eigenvalue weighted by molar-refractivity contribution is 5.80. The lowest BCUT2D eigenvalue weighted by Gasteiger charge is -2.32. The molecule has 0 radical (unpaired) electrons. The number of rotatable bonds is 2. The SMILES string of the molecule is O=C1CC2(CCCOCC2)C(Cc2ccccc2)N1. The lowest BCUT2D eigenvalue weighted by Crippen LogP contribution is -2.39. The van der Waals surface area contributed by atoms with Crippen molar-refractivity contribution in [2.75, 3.05) is 13.2 Å². The van der Waals surface area contributed by atoms with E-state index in [9.17, 15) is 4.79 Å². The first-order chi connectivity index (χ1) is 9.28. The van der Waals surface area contributed by atoms with E-state index in [2.05, 4.69) is 29.6 Å². The lowest BCUT2D eigenvalue weighted by atomic mass is 9.72. The van der Waals surface area contributed by atoms with Crippen LogP contribution in [-0.4, -0.2) is 25.2 Å². The first kappa shape index (κ1) is 12.7. The van der Waals surface area contributed by atoms with Crippen molar-refractivity contribution in [1.29, 1.82) is 0 Å². The fourth-order valence-corrected chi connectivity index (χ4v) is 3.51. The highest BCUT2D eigenvalue weighted by Gasteiger charge is 2.46. The molecule has 2 atom stereocenters. The average molecular weight is 259 g/mol. The molecule has 0 aromatic heterocycles. The van der Waals surface area contributed by atoms with Gasteiger partial charge in [-0.3, -0.25) is 4.79 Å². The quantitative estimate of drug-likeness (QED) is 0.885. The van der Waals surface area contributed by atoms with Crippen LogP contribution in [0, 0.1) is 5.41 Å². The molecular weight excluding hydrogens is 238 g/mol. The third-order valence-corrected chi connectivity index (χ3v) is 4.58. The van der Waals surface area contributed by atoms with Crippen molar-refractivity contribution in [2.45, 2.75) is 38.1 Å². The first-order valence-electron chi connectivity index (χ1n) is 7.20. The zero-order valence-corrected chi connectivity index (χ0v) is 11.2. The molecule has 0 aliphatic carbocycles. The van der Waals surface area contributed by atoms with Crippen molar-refractivity contribution in [1.82, 2.24) is 5.32 Å². The minimum atomic E-state index is 0.115. The molecule has 3 nitrogen and oxygen atoms in total. The first-order valence-corrected chi connectivity index (χ1v) is 7.20. The Morgan fingerprint density at radius 1 is 1.21 bits per heavy atom. The zero-order valence-electron chi connectivity index (χ0n) is 11.2. The summed E-state index contributed by atoms with van der Waals surface area (Å²) in [5, 5.41) is 3.20. The molecule has 2 aliphatic rings. The van der Waals surface area contributed by atoms with E-state index >= 15 is 0 Å². The smallest absolute Gasteiger partial charge is 0.220 e. The number of amides is 1. The van der Waals surface area contributed by atoms with E-state index in [1.54, 1.807) is 0 Å². The summed E-state index contributed by atoms with van der Waals surface area (Å²) in [5.74, 6) is 0.211. The van der Waals surface area contributed by atoms with Crippen molar-refractivity contribution < 1.29 is 9.53 Å². The van der Waals surface area contributed by atoms with Gasteiger partial charge in [0.05, 0.1) is 0 Å². The van der Waals surface area contributed by atoms with E-state index in [4.69, 9.17) is 4.74 Å². The molecule has 1 spiro atoms. The Hall–Kier alpha value is -1.35. The summed E-state index contributed by atoms with van der Waals surface area (Å²) in [7, 11) is 0. The molecule has 3 heteroatoms. The largest absolute Gasteiger partial charge is 0.381 e. The van der Waals surface area contributed by atoms with Gasteiger partial charge in [0.2, 0.25) is 5.91 Å². The molecule has 1 N–H and O–H groups in total. The van der Waals surface area contributed by atoms with E-state index in [1.807, 2.05) is 6.07 Å². The summed E-state index contributed by atoms with van der Waals surface area (Å²) in [6, 6.07) is 10.7. The van der Waals surface area contributed by atoms with Gasteiger partial charge >= 0.3 is 0 Å². The van der Waals surface area contributed by atoms with Crippen LogP contribution in [0.25, 0.3) is 0 Å². The van der Waals surface area contributed by atoms with Gasteiger partial charge in [-0.05, 0) is 31.2 Å². The van der Waals surface area contributed by atoms with E-state index < -0.39 is 0 Å². The number of nitrogens with one attached hydrogen (secondary N) is 1. The summed E-state index contributed by atoms with van der Waals surface area (Å²) < 4.78 is 5.58. The van der Waals surface area contributed by atoms with E-state index in [1.165, 1.54) is 5.56 Å². The summed E-state index contributed by atoms with van der Waals surface area (Å²) >= 11 is 0. The molecule has 2 saturated heterocycles. The van der Waals surface area contributed by atoms with Gasteiger partial charge in [-0.15, -0.1) is 0 Å². The van der Waals surface area contributed by atoms with Crippen LogP contribution in [0.2, 0.25) is 0 Å². The third kappa shape index (κ3) is 2.66. The second kappa shape index (κ2) is 5.33. The topological polar surface area (TPSA) is 38.3 Å². The fraction of sp³-hybridized carbons (Fsp3) is 0.562. The van der Waals surface area contributed by atoms with Gasteiger partial charge in [0.15, 0.2) is 0 Å². The van der Waals surface area contributed by atoms with Crippen LogP contribution in [0.5, 0.6) is 0 Å². The second-order valence-corrected chi connectivity index (χ2v) is 5.81. The van der Waals surface area contributed by atoms with Gasteiger partial charge in [0, 0.05) is 31.1 Å². The van der Waals surface area contributed by atoms with Crippen LogP contribution < -0.4 is 5.32 Å². The Balaban J connectivity index is 1.79. The molecule has 1 aromatic rings. The Labute approximate surface area is 114 Å². The number of carbonyl (C=O) groups is 1. The van der Waals surface area contributed by atoms with Crippen molar-refractivity contribution in [3.05, 3.63) is 35.9 Å². The molecular formula is C16H21NO2. The normalized spacial score (nSPS) is 31.2. The summed E-state index contributed by atoms with van der Waals surface area (Å²) in [6.07, 6.45) is 4.78. The second-order valence-electron chi connectivity index (χ2n) is 5.81. The third-order valence-electron chi connectivity index (χ3n) is 4.58. The molecule has 2 aliphatic heterocycles. The number of benzene rings is 1. The van der Waals surface area contributed by atoms with Crippen LogP contribution in [0.3, 0.4) is 0 Å². The highest BCUT2D eigenvalue weighted by atomic mass is 16.5. The van der Waals surface area contributed by atoms with E-state index in [-0.39, 0.29) is 17.4 Å². The molecule has 2 unspecified atom stereocenters. The maximum Gasteiger partial charge on any atom is 0.220 e. The predicted octanol–water partition coefficient (Wildman–Crippen LogP) is 2.30. The molecule has 0 saturated carbocycles. The fourth-order valence-electron chi connectivity index (χ4n) is 3.51. The van der Waals surface area contributed by atoms with Crippen LogP contribution in [0.1, 0.15) is 31.2 Å². The van der Waals surface area contributed by atoms with E-state index in [0.717, 1.165) is 38.9 Å². The molecule has 1 amide bonds. The Kier molecular flexibility index (Phi) is 3.56. The Bertz CT molecular complexity index is 435. The molecule has 19 heavy (non-hydrogen) atoms. The van der Waals surface area contributed by atoms with Gasteiger partial charge < -0.3 is 10.1 Å². The predicted molar refractivity (Wildman–Crippen MR) is 73.8 cm³/mol. The number of ether oxygens (including phenoxy) is 1. The van der Waals surface area contributed by atoms with Gasteiger partial charge in [-0.1, -0.05) is 30.3 Å². The Morgan fingerprint density at radius 3 is 2.89 bits per heavy atom. The zero-order chi connectivity index (χ0) is 13.1. The lowest BCUT2D eigenvalue weighted by molar-refractivity contribution is -0.119. The maximum absolute atomic E-state index is 11.9. The summed E-state index contributed by atoms with van der Waals surface area (Å²) in [6.45, 7) is 1.63. The molecule has 2 fully saturated rings. The van der Waals surface area contributed by atoms with Crippen molar-refractivity contribution in [3.63, 3.8) is 0 Å². The van der Waals surface area contributed by atoms with Gasteiger partial charge in [-0.2, -0.15) is 0 Å². The average Bonchev–Trinajstić information content (AvgIpc) is 2.60. The summed E-state index contributed by atoms with van der Waals surface area (Å²) in [4.78, 5) is 11.9. The Morgan fingerprint density at radius 2 is 2.05 bits per heavy atom. The number of hydrogen-bond donors (Lipinski definition) is 1. The molecule has 1 aromatic carbocycles. The van der Waals surface area contributed by atoms with Crippen LogP contribution in [0.4, 0.5) is 0 Å². The highest BCUT2D eigenvalue weighted by Crippen LogP contribution is 2.42. The van der Waals surface area contributed by atoms with Crippen LogP contribution in [0.15, 0.2) is 30.3 Å². The minimum Gasteiger partial charge on any atom is -0.381 e. The van der Waals surface area contributed by atoms with Gasteiger partial charge in [-0.25, -0.2) is 0 Å². The molecule has 3 rings (SSSR count). The molecule has 0 bridgehead atoms. The van der Waals surface area contributed by atoms with Crippen molar-refractivity contribution in [3.8, 4) is 0 Å². The minimum absolute atomic E-state index is 0.115. The maximum atomic E-state index is 11.9. The number of hydrogen-bond acceptors (Lipinski definition) is 2. The van der Waals surface area contributed by atoms with Gasteiger partial charge in [0.1, 0.15) is 0 Å². The number of carbonyl (C=O) groups excluding carboxylic acids is 1. The van der Waals surface area contributed by atoms with Crippen LogP contribution in [-0.2, 0) is 16.0 Å². The van der Waals surface area contributed by atoms with Crippen molar-refractivity contribution >= 4 is 5.91 Å². The van der Waals surface area contributed by atoms with E-state index in [0.29, 0.717) is 6.42 Å². The van der Waals surface area contributed by atoms with Crippen LogP contribution >= 0.6 is 0 Å².